The van der Waals surface area contributed by atoms with Crippen molar-refractivity contribution >= 4 is 11.6 Å². The van der Waals surface area contributed by atoms with Gasteiger partial charge in [-0.3, -0.25) is 14.9 Å². The largest absolute Gasteiger partial charge is 0.327 e. The summed E-state index contributed by atoms with van der Waals surface area (Å²) in [4.78, 5) is 26.1. The molecule has 1 N–H and O–H groups in total. The molecule has 0 saturated carbocycles. The van der Waals surface area contributed by atoms with Crippen LogP contribution in [0.4, 0.5) is 10.1 Å². The van der Waals surface area contributed by atoms with Crippen molar-refractivity contribution in [2.75, 3.05) is 26.2 Å². The fraction of sp³-hybridized carbons (Fsp3) is 0.208. The van der Waals surface area contributed by atoms with Crippen molar-refractivity contribution in [2.45, 2.75) is 6.04 Å². The number of nitrogens with one attached hydrogen (secondary N) is 1. The molecular weight excluding hydrogens is 397 g/mol. The molecule has 1 saturated heterocycles. The molecule has 4 rings (SSSR count). The van der Waals surface area contributed by atoms with E-state index in [1.165, 1.54) is 22.1 Å². The Hall–Kier alpha value is -3.58. The zero-order chi connectivity index (χ0) is 21.8. The average Bonchev–Trinajstić information content (AvgIpc) is 2.81. The van der Waals surface area contributed by atoms with Gasteiger partial charge in [-0.05, 0) is 12.1 Å². The van der Waals surface area contributed by atoms with Crippen LogP contribution in [-0.4, -0.2) is 41.9 Å². The normalized spacial score (nSPS) is 14.6. The molecule has 3 aromatic rings. The van der Waals surface area contributed by atoms with Gasteiger partial charge in [0.05, 0.1) is 31.1 Å². The standard InChI is InChI=1S/C24H22FN3O3/c25-21-12-11-20(17-22(21)28(30)31)24(29)27-15-13-26(14-16-27)23(18-7-3-1-4-8-18)19-9-5-2-6-10-19/h1-12,17,23H,13-16H2/p+1. The van der Waals surface area contributed by atoms with Gasteiger partial charge in [0, 0.05) is 22.8 Å². The van der Waals surface area contributed by atoms with Crippen LogP contribution >= 0.6 is 0 Å². The first-order valence-corrected chi connectivity index (χ1v) is 10.2. The van der Waals surface area contributed by atoms with Gasteiger partial charge in [-0.1, -0.05) is 60.7 Å². The number of quaternary nitrogens is 1. The molecule has 1 fully saturated rings. The van der Waals surface area contributed by atoms with E-state index in [9.17, 15) is 19.3 Å². The Morgan fingerprint density at radius 1 is 0.935 bits per heavy atom. The van der Waals surface area contributed by atoms with Gasteiger partial charge in [0.2, 0.25) is 5.82 Å². The zero-order valence-electron chi connectivity index (χ0n) is 16.9. The van der Waals surface area contributed by atoms with E-state index < -0.39 is 16.4 Å². The molecule has 0 atom stereocenters. The van der Waals surface area contributed by atoms with Crippen molar-refractivity contribution in [1.29, 1.82) is 0 Å². The third kappa shape index (κ3) is 4.46. The lowest BCUT2D eigenvalue weighted by Gasteiger charge is -2.37. The minimum absolute atomic E-state index is 0.138. The molecule has 1 aliphatic heterocycles. The minimum atomic E-state index is -0.940. The van der Waals surface area contributed by atoms with Crippen LogP contribution in [-0.2, 0) is 0 Å². The van der Waals surface area contributed by atoms with Crippen molar-refractivity contribution in [2.24, 2.45) is 0 Å². The van der Waals surface area contributed by atoms with Crippen LogP contribution in [0.2, 0.25) is 0 Å². The van der Waals surface area contributed by atoms with E-state index in [0.29, 0.717) is 13.1 Å². The average molecular weight is 420 g/mol. The number of hydrogen-bond donors (Lipinski definition) is 1. The van der Waals surface area contributed by atoms with Crippen LogP contribution < -0.4 is 4.90 Å². The van der Waals surface area contributed by atoms with Gasteiger partial charge in [0.25, 0.3) is 5.91 Å². The van der Waals surface area contributed by atoms with Crippen LogP contribution in [0.25, 0.3) is 0 Å². The molecule has 0 unspecified atom stereocenters. The molecule has 0 bridgehead atoms. The van der Waals surface area contributed by atoms with E-state index in [1.54, 1.807) is 4.90 Å². The van der Waals surface area contributed by atoms with E-state index in [-0.39, 0.29) is 17.5 Å². The Bertz CT molecular complexity index is 1030. The predicted molar refractivity (Wildman–Crippen MR) is 114 cm³/mol. The molecule has 7 heteroatoms. The second kappa shape index (κ2) is 9.06. The number of amides is 1. The van der Waals surface area contributed by atoms with Gasteiger partial charge in [-0.15, -0.1) is 0 Å². The summed E-state index contributed by atoms with van der Waals surface area (Å²) in [5.74, 6) is -1.25. The highest BCUT2D eigenvalue weighted by Gasteiger charge is 2.32. The maximum absolute atomic E-state index is 13.6. The lowest BCUT2D eigenvalue weighted by atomic mass is 9.96. The summed E-state index contributed by atoms with van der Waals surface area (Å²) in [7, 11) is 0. The molecular formula is C24H23FN3O3+. The third-order valence-corrected chi connectivity index (χ3v) is 5.76. The molecule has 6 nitrogen and oxygen atoms in total. The first-order chi connectivity index (χ1) is 15.0. The fourth-order valence-electron chi connectivity index (χ4n) is 4.21. The van der Waals surface area contributed by atoms with Crippen molar-refractivity contribution in [3.8, 4) is 0 Å². The van der Waals surface area contributed by atoms with E-state index in [4.69, 9.17) is 0 Å². The van der Waals surface area contributed by atoms with Gasteiger partial charge in [0.1, 0.15) is 6.04 Å². The van der Waals surface area contributed by atoms with Crippen LogP contribution in [0.5, 0.6) is 0 Å². The summed E-state index contributed by atoms with van der Waals surface area (Å²) in [5, 5.41) is 11.0. The maximum Gasteiger partial charge on any atom is 0.305 e. The first kappa shape index (κ1) is 20.7. The first-order valence-electron chi connectivity index (χ1n) is 10.2. The Kier molecular flexibility index (Phi) is 6.04. The maximum atomic E-state index is 13.6. The number of nitro benzene ring substituents is 1. The lowest BCUT2D eigenvalue weighted by molar-refractivity contribution is -0.929. The number of nitro groups is 1. The highest BCUT2D eigenvalue weighted by molar-refractivity contribution is 5.94. The van der Waals surface area contributed by atoms with Gasteiger partial charge in [-0.25, -0.2) is 0 Å². The second-order valence-corrected chi connectivity index (χ2v) is 7.63. The molecule has 0 spiro atoms. The highest BCUT2D eigenvalue weighted by atomic mass is 19.1. The van der Waals surface area contributed by atoms with Crippen molar-refractivity contribution in [3.05, 3.63) is 111 Å². The Labute approximate surface area is 179 Å². The number of rotatable bonds is 5. The van der Waals surface area contributed by atoms with Gasteiger partial charge in [-0.2, -0.15) is 4.39 Å². The number of nitrogens with zero attached hydrogens (tertiary/aromatic N) is 2. The lowest BCUT2D eigenvalue weighted by Crippen LogP contribution is -3.15. The highest BCUT2D eigenvalue weighted by Crippen LogP contribution is 2.21. The monoisotopic (exact) mass is 420 g/mol. The Morgan fingerprint density at radius 3 is 2.00 bits per heavy atom. The Morgan fingerprint density at radius 2 is 1.48 bits per heavy atom. The van der Waals surface area contributed by atoms with Crippen molar-refractivity contribution in [3.63, 3.8) is 0 Å². The summed E-state index contributed by atoms with van der Waals surface area (Å²) in [6.45, 7) is 2.53. The number of benzene rings is 3. The number of halogens is 1. The smallest absolute Gasteiger partial charge is 0.305 e. The molecule has 1 aliphatic rings. The second-order valence-electron chi connectivity index (χ2n) is 7.63. The van der Waals surface area contributed by atoms with Gasteiger partial charge >= 0.3 is 5.69 Å². The molecule has 31 heavy (non-hydrogen) atoms. The zero-order valence-corrected chi connectivity index (χ0v) is 16.9. The van der Waals surface area contributed by atoms with E-state index >= 15 is 0 Å². The summed E-state index contributed by atoms with van der Waals surface area (Å²) in [6, 6.07) is 24.1. The van der Waals surface area contributed by atoms with Crippen molar-refractivity contribution in [1.82, 2.24) is 4.90 Å². The number of piperazine rings is 1. The summed E-state index contributed by atoms with van der Waals surface area (Å²) in [6.07, 6.45) is 0. The van der Waals surface area contributed by atoms with Gasteiger partial charge in [0.15, 0.2) is 0 Å². The Balaban J connectivity index is 1.51. The predicted octanol–water partition coefficient (Wildman–Crippen LogP) is 2.86. The summed E-state index contributed by atoms with van der Waals surface area (Å²) >= 11 is 0. The summed E-state index contributed by atoms with van der Waals surface area (Å²) in [5.41, 5.74) is 1.90. The summed E-state index contributed by atoms with van der Waals surface area (Å²) < 4.78 is 13.6. The topological polar surface area (TPSA) is 67.9 Å². The quantitative estimate of drug-likeness (QED) is 0.510. The molecule has 1 amide bonds. The van der Waals surface area contributed by atoms with E-state index in [0.717, 1.165) is 25.2 Å². The molecule has 3 aromatic carbocycles. The third-order valence-electron chi connectivity index (χ3n) is 5.76. The molecule has 0 aliphatic carbocycles. The fourth-order valence-corrected chi connectivity index (χ4v) is 4.21. The number of carbonyl (C=O) groups is 1. The van der Waals surface area contributed by atoms with Crippen LogP contribution in [0.1, 0.15) is 27.5 Å². The van der Waals surface area contributed by atoms with Crippen LogP contribution in [0.15, 0.2) is 78.9 Å². The molecule has 0 radical (unpaired) electrons. The van der Waals surface area contributed by atoms with Crippen molar-refractivity contribution < 1.29 is 19.0 Å². The van der Waals surface area contributed by atoms with E-state index in [2.05, 4.69) is 24.3 Å². The van der Waals surface area contributed by atoms with Crippen LogP contribution in [0.3, 0.4) is 0 Å². The van der Waals surface area contributed by atoms with E-state index in [1.807, 2.05) is 36.4 Å². The number of carbonyl (C=O) groups excluding carboxylic acids is 1. The minimum Gasteiger partial charge on any atom is -0.327 e. The SMILES string of the molecule is O=C(c1ccc(F)c([N+](=O)[O-])c1)N1CC[NH+](C(c2ccccc2)c2ccccc2)CC1. The van der Waals surface area contributed by atoms with Crippen LogP contribution in [0, 0.1) is 15.9 Å². The molecule has 1 heterocycles. The molecule has 0 aromatic heterocycles. The number of hydrogen-bond acceptors (Lipinski definition) is 3. The van der Waals surface area contributed by atoms with Gasteiger partial charge < -0.3 is 9.80 Å². The molecule has 158 valence electrons.